The topological polar surface area (TPSA) is 58.6 Å². The predicted molar refractivity (Wildman–Crippen MR) is 57.5 cm³/mol. The summed E-state index contributed by atoms with van der Waals surface area (Å²) in [5.74, 6) is 0.267. The molecule has 4 heteroatoms. The molecule has 0 heterocycles. The maximum atomic E-state index is 11.3. The largest absolute Gasteiger partial charge is 0.393 e. The fourth-order valence-electron chi connectivity index (χ4n) is 1.90. The first-order valence-corrected chi connectivity index (χ1v) is 5.76. The van der Waals surface area contributed by atoms with Crippen LogP contribution in [0.3, 0.4) is 0 Å². The molecule has 1 amide bonds. The maximum absolute atomic E-state index is 11.3. The Kier molecular flexibility index (Phi) is 5.65. The van der Waals surface area contributed by atoms with Crippen molar-refractivity contribution in [2.24, 2.45) is 5.92 Å². The number of hydrogen-bond acceptors (Lipinski definition) is 3. The van der Waals surface area contributed by atoms with Gasteiger partial charge in [0.25, 0.3) is 0 Å². The van der Waals surface area contributed by atoms with E-state index in [1.165, 1.54) is 0 Å². The molecule has 2 N–H and O–H groups in total. The number of rotatable bonds is 6. The van der Waals surface area contributed by atoms with Crippen LogP contribution in [0, 0.1) is 5.92 Å². The molecule has 1 aliphatic rings. The molecule has 15 heavy (non-hydrogen) atoms. The summed E-state index contributed by atoms with van der Waals surface area (Å²) < 4.78 is 5.09. The van der Waals surface area contributed by atoms with Gasteiger partial charge in [0.15, 0.2) is 0 Å². The van der Waals surface area contributed by atoms with E-state index < -0.39 is 0 Å². The summed E-state index contributed by atoms with van der Waals surface area (Å²) in [4.78, 5) is 11.3. The first-order valence-electron chi connectivity index (χ1n) is 5.76. The van der Waals surface area contributed by atoms with Gasteiger partial charge in [0.2, 0.25) is 5.91 Å². The summed E-state index contributed by atoms with van der Waals surface area (Å²) in [6, 6.07) is 0. The van der Waals surface area contributed by atoms with Gasteiger partial charge < -0.3 is 15.2 Å². The highest BCUT2D eigenvalue weighted by molar-refractivity contribution is 5.75. The highest BCUT2D eigenvalue weighted by Crippen LogP contribution is 2.24. The SMILES string of the molecule is CCOCCC(=O)NCC1CCCC1O. The fraction of sp³-hybridized carbons (Fsp3) is 0.909. The van der Waals surface area contributed by atoms with Gasteiger partial charge in [-0.1, -0.05) is 6.42 Å². The Morgan fingerprint density at radius 2 is 2.33 bits per heavy atom. The summed E-state index contributed by atoms with van der Waals surface area (Å²) in [6.07, 6.45) is 3.15. The van der Waals surface area contributed by atoms with Crippen LogP contribution in [0.25, 0.3) is 0 Å². The maximum Gasteiger partial charge on any atom is 0.222 e. The lowest BCUT2D eigenvalue weighted by molar-refractivity contribution is -0.122. The van der Waals surface area contributed by atoms with E-state index in [1.807, 2.05) is 6.92 Å². The Bertz CT molecular complexity index is 196. The van der Waals surface area contributed by atoms with Crippen molar-refractivity contribution in [3.05, 3.63) is 0 Å². The summed E-state index contributed by atoms with van der Waals surface area (Å²) in [5, 5.41) is 12.4. The Morgan fingerprint density at radius 1 is 1.53 bits per heavy atom. The molecule has 88 valence electrons. The lowest BCUT2D eigenvalue weighted by Crippen LogP contribution is -2.32. The second kappa shape index (κ2) is 6.80. The van der Waals surface area contributed by atoms with Gasteiger partial charge in [-0.15, -0.1) is 0 Å². The molecule has 1 aliphatic carbocycles. The number of carbonyl (C=O) groups excluding carboxylic acids is 1. The molecule has 2 atom stereocenters. The molecular formula is C11H21NO3. The third kappa shape index (κ3) is 4.62. The van der Waals surface area contributed by atoms with E-state index in [0.29, 0.717) is 26.2 Å². The van der Waals surface area contributed by atoms with E-state index in [-0.39, 0.29) is 17.9 Å². The monoisotopic (exact) mass is 215 g/mol. The van der Waals surface area contributed by atoms with Crippen LogP contribution >= 0.6 is 0 Å². The van der Waals surface area contributed by atoms with Crippen molar-refractivity contribution in [3.8, 4) is 0 Å². The van der Waals surface area contributed by atoms with Crippen LogP contribution in [-0.4, -0.2) is 36.9 Å². The molecule has 2 unspecified atom stereocenters. The number of hydrogen-bond donors (Lipinski definition) is 2. The average Bonchev–Trinajstić information content (AvgIpc) is 2.61. The third-order valence-electron chi connectivity index (χ3n) is 2.86. The van der Waals surface area contributed by atoms with Crippen LogP contribution in [0.15, 0.2) is 0 Å². The summed E-state index contributed by atoms with van der Waals surface area (Å²) >= 11 is 0. The van der Waals surface area contributed by atoms with Crippen LogP contribution in [0.5, 0.6) is 0 Å². The summed E-state index contributed by atoms with van der Waals surface area (Å²) in [6.45, 7) is 3.64. The van der Waals surface area contributed by atoms with E-state index in [2.05, 4.69) is 5.32 Å². The fourth-order valence-corrected chi connectivity index (χ4v) is 1.90. The predicted octanol–water partition coefficient (Wildman–Crippen LogP) is 0.690. The van der Waals surface area contributed by atoms with E-state index >= 15 is 0 Å². The normalized spacial score (nSPS) is 25.5. The Hall–Kier alpha value is -0.610. The molecule has 0 aliphatic heterocycles. The summed E-state index contributed by atoms with van der Waals surface area (Å²) in [7, 11) is 0. The van der Waals surface area contributed by atoms with Crippen molar-refractivity contribution in [3.63, 3.8) is 0 Å². The average molecular weight is 215 g/mol. The minimum Gasteiger partial charge on any atom is -0.393 e. The molecule has 1 fully saturated rings. The van der Waals surface area contributed by atoms with Gasteiger partial charge in [-0.25, -0.2) is 0 Å². The molecule has 0 spiro atoms. The molecule has 0 saturated heterocycles. The Labute approximate surface area is 91.0 Å². The zero-order chi connectivity index (χ0) is 11.1. The van der Waals surface area contributed by atoms with E-state index in [1.54, 1.807) is 0 Å². The molecule has 1 saturated carbocycles. The highest BCUT2D eigenvalue weighted by Gasteiger charge is 2.25. The van der Waals surface area contributed by atoms with E-state index in [0.717, 1.165) is 19.3 Å². The van der Waals surface area contributed by atoms with Crippen molar-refractivity contribution < 1.29 is 14.6 Å². The van der Waals surface area contributed by atoms with Crippen molar-refractivity contribution in [2.45, 2.75) is 38.7 Å². The molecule has 0 bridgehead atoms. The molecule has 0 aromatic rings. The van der Waals surface area contributed by atoms with Crippen molar-refractivity contribution in [1.29, 1.82) is 0 Å². The molecule has 0 radical (unpaired) electrons. The minimum absolute atomic E-state index is 0.0163. The lowest BCUT2D eigenvalue weighted by atomic mass is 10.1. The van der Waals surface area contributed by atoms with Crippen LogP contribution in [0.1, 0.15) is 32.6 Å². The smallest absolute Gasteiger partial charge is 0.222 e. The Balaban J connectivity index is 2.05. The van der Waals surface area contributed by atoms with Gasteiger partial charge in [-0.3, -0.25) is 4.79 Å². The number of ether oxygens (including phenoxy) is 1. The molecular weight excluding hydrogens is 194 g/mol. The van der Waals surface area contributed by atoms with Gasteiger partial charge in [0.1, 0.15) is 0 Å². The lowest BCUT2D eigenvalue weighted by Gasteiger charge is -2.14. The first kappa shape index (κ1) is 12.5. The quantitative estimate of drug-likeness (QED) is 0.641. The first-order chi connectivity index (χ1) is 7.24. The zero-order valence-corrected chi connectivity index (χ0v) is 9.37. The van der Waals surface area contributed by atoms with E-state index in [9.17, 15) is 9.90 Å². The second-order valence-corrected chi connectivity index (χ2v) is 4.01. The van der Waals surface area contributed by atoms with Crippen molar-refractivity contribution in [1.82, 2.24) is 5.32 Å². The standard InChI is InChI=1S/C11H21NO3/c1-2-15-7-6-11(14)12-8-9-4-3-5-10(9)13/h9-10,13H,2-8H2,1H3,(H,12,14). The molecule has 4 nitrogen and oxygen atoms in total. The second-order valence-electron chi connectivity index (χ2n) is 4.01. The number of nitrogens with one attached hydrogen (secondary N) is 1. The number of aliphatic hydroxyl groups is 1. The van der Waals surface area contributed by atoms with Crippen LogP contribution < -0.4 is 5.32 Å². The van der Waals surface area contributed by atoms with Gasteiger partial charge in [0.05, 0.1) is 12.7 Å². The number of aliphatic hydroxyl groups excluding tert-OH is 1. The molecule has 0 aromatic heterocycles. The van der Waals surface area contributed by atoms with Crippen molar-refractivity contribution in [2.75, 3.05) is 19.8 Å². The molecule has 0 aromatic carbocycles. The van der Waals surface area contributed by atoms with E-state index in [4.69, 9.17) is 4.74 Å². The van der Waals surface area contributed by atoms with Gasteiger partial charge in [-0.05, 0) is 19.8 Å². The minimum atomic E-state index is -0.225. The zero-order valence-electron chi connectivity index (χ0n) is 9.37. The van der Waals surface area contributed by atoms with Crippen LogP contribution in [0.2, 0.25) is 0 Å². The van der Waals surface area contributed by atoms with Gasteiger partial charge in [0, 0.05) is 25.5 Å². The van der Waals surface area contributed by atoms with Crippen LogP contribution in [-0.2, 0) is 9.53 Å². The van der Waals surface area contributed by atoms with Crippen LogP contribution in [0.4, 0.5) is 0 Å². The van der Waals surface area contributed by atoms with Gasteiger partial charge >= 0.3 is 0 Å². The third-order valence-corrected chi connectivity index (χ3v) is 2.86. The highest BCUT2D eigenvalue weighted by atomic mass is 16.5. The van der Waals surface area contributed by atoms with Gasteiger partial charge in [-0.2, -0.15) is 0 Å². The molecule has 1 rings (SSSR count). The number of carbonyl (C=O) groups is 1. The number of amides is 1. The Morgan fingerprint density at radius 3 is 2.93 bits per heavy atom. The summed E-state index contributed by atoms with van der Waals surface area (Å²) in [5.41, 5.74) is 0. The van der Waals surface area contributed by atoms with Crippen molar-refractivity contribution >= 4 is 5.91 Å².